The van der Waals surface area contributed by atoms with E-state index < -0.39 is 17.9 Å². The zero-order chi connectivity index (χ0) is 17.0. The molecular formula is C16H17BrFNO3S. The van der Waals surface area contributed by atoms with Gasteiger partial charge in [-0.3, -0.25) is 0 Å². The highest BCUT2D eigenvalue weighted by molar-refractivity contribution is 9.10. The number of thiazole rings is 1. The van der Waals surface area contributed by atoms with Gasteiger partial charge in [0.2, 0.25) is 0 Å². The largest absolute Gasteiger partial charge is 0.476 e. The summed E-state index contributed by atoms with van der Waals surface area (Å²) >= 11 is 4.67. The highest BCUT2D eigenvalue weighted by atomic mass is 79.9. The Bertz CT molecular complexity index is 690. The van der Waals surface area contributed by atoms with Gasteiger partial charge in [-0.05, 0) is 31.0 Å². The van der Waals surface area contributed by atoms with Crippen LogP contribution < -0.4 is 4.74 Å². The molecule has 0 fully saturated rings. The maximum atomic E-state index is 13.7. The lowest BCUT2D eigenvalue weighted by molar-refractivity contribution is -0.152. The van der Waals surface area contributed by atoms with Crippen LogP contribution in [0.25, 0.3) is 0 Å². The molecule has 0 amide bonds. The first-order chi connectivity index (χ1) is 10.9. The van der Waals surface area contributed by atoms with E-state index in [1.165, 1.54) is 30.4 Å². The standard InChI is InChI=1S/C16H17BrFNO3S/c1-9(2)14-7-19-15(23-14)8-21-16(20)10(3)22-13-5-4-11(17)6-12(13)18/h4-7,9-10H,8H2,1-3H3/t10-/m1/s1. The second kappa shape index (κ2) is 7.88. The summed E-state index contributed by atoms with van der Waals surface area (Å²) < 4.78 is 24.8. The Morgan fingerprint density at radius 2 is 2.13 bits per heavy atom. The van der Waals surface area contributed by atoms with Crippen LogP contribution in [0.2, 0.25) is 0 Å². The molecule has 23 heavy (non-hydrogen) atoms. The Labute approximate surface area is 146 Å². The number of nitrogens with zero attached hydrogens (tertiary/aromatic N) is 1. The molecule has 0 spiro atoms. The molecule has 0 saturated carbocycles. The summed E-state index contributed by atoms with van der Waals surface area (Å²) in [5, 5.41) is 0.726. The summed E-state index contributed by atoms with van der Waals surface area (Å²) in [5.41, 5.74) is 0. The van der Waals surface area contributed by atoms with Crippen LogP contribution >= 0.6 is 27.3 Å². The van der Waals surface area contributed by atoms with Crippen molar-refractivity contribution in [3.8, 4) is 5.75 Å². The van der Waals surface area contributed by atoms with E-state index in [0.29, 0.717) is 10.4 Å². The number of carbonyl (C=O) groups is 1. The van der Waals surface area contributed by atoms with Crippen molar-refractivity contribution in [2.75, 3.05) is 0 Å². The number of ether oxygens (including phenoxy) is 2. The minimum atomic E-state index is -0.907. The van der Waals surface area contributed by atoms with E-state index >= 15 is 0 Å². The Hall–Kier alpha value is -1.47. The Kier molecular flexibility index (Phi) is 6.12. The summed E-state index contributed by atoms with van der Waals surface area (Å²) in [5.74, 6) is -0.706. The first-order valence-corrected chi connectivity index (χ1v) is 8.70. The Morgan fingerprint density at radius 1 is 1.39 bits per heavy atom. The molecule has 0 unspecified atom stereocenters. The van der Waals surface area contributed by atoms with Crippen molar-refractivity contribution in [3.05, 3.63) is 44.6 Å². The van der Waals surface area contributed by atoms with E-state index in [1.54, 1.807) is 12.3 Å². The van der Waals surface area contributed by atoms with E-state index in [9.17, 15) is 9.18 Å². The van der Waals surface area contributed by atoms with Crippen molar-refractivity contribution in [1.29, 1.82) is 0 Å². The molecule has 0 aliphatic heterocycles. The molecule has 1 atom stereocenters. The van der Waals surface area contributed by atoms with Gasteiger partial charge >= 0.3 is 5.97 Å². The van der Waals surface area contributed by atoms with Crippen LogP contribution in [0.3, 0.4) is 0 Å². The molecule has 0 radical (unpaired) electrons. The average molecular weight is 402 g/mol. The zero-order valence-corrected chi connectivity index (χ0v) is 15.4. The van der Waals surface area contributed by atoms with Gasteiger partial charge in [-0.2, -0.15) is 0 Å². The predicted octanol–water partition coefficient (Wildman–Crippen LogP) is 4.68. The van der Waals surface area contributed by atoms with E-state index in [2.05, 4.69) is 34.8 Å². The van der Waals surface area contributed by atoms with Crippen LogP contribution in [0.5, 0.6) is 5.75 Å². The van der Waals surface area contributed by atoms with Crippen molar-refractivity contribution in [1.82, 2.24) is 4.98 Å². The molecular weight excluding hydrogens is 385 g/mol. The summed E-state index contributed by atoms with van der Waals surface area (Å²) in [6.45, 7) is 5.76. The van der Waals surface area contributed by atoms with E-state index in [0.717, 1.165) is 9.88 Å². The van der Waals surface area contributed by atoms with Gasteiger partial charge in [0, 0.05) is 15.5 Å². The molecule has 1 aromatic carbocycles. The topological polar surface area (TPSA) is 48.4 Å². The fraction of sp³-hybridized carbons (Fsp3) is 0.375. The van der Waals surface area contributed by atoms with Crippen LogP contribution in [-0.4, -0.2) is 17.1 Å². The highest BCUT2D eigenvalue weighted by Crippen LogP contribution is 2.24. The van der Waals surface area contributed by atoms with Crippen LogP contribution in [-0.2, 0) is 16.1 Å². The number of rotatable bonds is 6. The van der Waals surface area contributed by atoms with Crippen molar-refractivity contribution in [2.24, 2.45) is 0 Å². The maximum absolute atomic E-state index is 13.7. The molecule has 0 saturated heterocycles. The normalized spacial score (nSPS) is 12.3. The van der Waals surface area contributed by atoms with Crippen LogP contribution in [0.1, 0.15) is 36.6 Å². The molecule has 1 aromatic heterocycles. The van der Waals surface area contributed by atoms with Gasteiger partial charge in [-0.1, -0.05) is 29.8 Å². The van der Waals surface area contributed by atoms with Gasteiger partial charge in [0.05, 0.1) is 0 Å². The predicted molar refractivity (Wildman–Crippen MR) is 90.2 cm³/mol. The lowest BCUT2D eigenvalue weighted by atomic mass is 10.2. The first-order valence-electron chi connectivity index (χ1n) is 7.09. The third-order valence-corrected chi connectivity index (χ3v) is 4.77. The van der Waals surface area contributed by atoms with Gasteiger partial charge in [-0.15, -0.1) is 11.3 Å². The Morgan fingerprint density at radius 3 is 2.74 bits per heavy atom. The van der Waals surface area contributed by atoms with E-state index in [1.807, 2.05) is 0 Å². The van der Waals surface area contributed by atoms with Crippen LogP contribution in [0.4, 0.5) is 4.39 Å². The number of hydrogen-bond acceptors (Lipinski definition) is 5. The second-order valence-electron chi connectivity index (χ2n) is 5.25. The number of halogens is 2. The molecule has 2 aromatic rings. The van der Waals surface area contributed by atoms with Gasteiger partial charge in [0.25, 0.3) is 0 Å². The number of carbonyl (C=O) groups excluding carboxylic acids is 1. The fourth-order valence-corrected chi connectivity index (χ4v) is 2.89. The first kappa shape index (κ1) is 17.9. The molecule has 0 aliphatic rings. The van der Waals surface area contributed by atoms with Gasteiger partial charge < -0.3 is 9.47 Å². The minimum Gasteiger partial charge on any atom is -0.476 e. The van der Waals surface area contributed by atoms with Crippen LogP contribution in [0, 0.1) is 5.82 Å². The molecule has 1 heterocycles. The van der Waals surface area contributed by atoms with Gasteiger partial charge in [-0.25, -0.2) is 14.2 Å². The molecule has 4 nitrogen and oxygen atoms in total. The van der Waals surface area contributed by atoms with E-state index in [-0.39, 0.29) is 12.4 Å². The molecule has 2 rings (SSSR count). The highest BCUT2D eigenvalue weighted by Gasteiger charge is 2.19. The smallest absolute Gasteiger partial charge is 0.347 e. The van der Waals surface area contributed by atoms with E-state index in [4.69, 9.17) is 9.47 Å². The van der Waals surface area contributed by atoms with Crippen LogP contribution in [0.15, 0.2) is 28.9 Å². The fourth-order valence-electron chi connectivity index (χ4n) is 1.72. The number of hydrogen-bond donors (Lipinski definition) is 0. The van der Waals surface area contributed by atoms with Gasteiger partial charge in [0.1, 0.15) is 11.6 Å². The van der Waals surface area contributed by atoms with Crippen molar-refractivity contribution >= 4 is 33.2 Å². The lowest BCUT2D eigenvalue weighted by Gasteiger charge is -2.14. The van der Waals surface area contributed by atoms with Gasteiger partial charge in [0.15, 0.2) is 17.7 Å². The third-order valence-electron chi connectivity index (χ3n) is 3.01. The molecule has 0 bridgehead atoms. The van der Waals surface area contributed by atoms with Crippen molar-refractivity contribution in [3.63, 3.8) is 0 Å². The summed E-state index contributed by atoms with van der Waals surface area (Å²) in [4.78, 5) is 17.3. The quantitative estimate of drug-likeness (QED) is 0.659. The third kappa shape index (κ3) is 5.00. The molecule has 124 valence electrons. The number of benzene rings is 1. The monoisotopic (exact) mass is 401 g/mol. The average Bonchev–Trinajstić information content (AvgIpc) is 2.96. The molecule has 7 heteroatoms. The van der Waals surface area contributed by atoms with Crippen molar-refractivity contribution < 1.29 is 18.7 Å². The Balaban J connectivity index is 1.89. The van der Waals surface area contributed by atoms with Crippen molar-refractivity contribution in [2.45, 2.75) is 39.4 Å². The summed E-state index contributed by atoms with van der Waals surface area (Å²) in [6.07, 6.45) is 0.880. The SMILES string of the molecule is CC(C)c1cnc(COC(=O)[C@@H](C)Oc2ccc(Br)cc2F)s1. The number of esters is 1. The molecule has 0 aliphatic carbocycles. The zero-order valence-electron chi connectivity index (χ0n) is 13.0. The summed E-state index contributed by atoms with van der Waals surface area (Å²) in [7, 11) is 0. The maximum Gasteiger partial charge on any atom is 0.347 e. The minimum absolute atomic E-state index is 0.00833. The number of aromatic nitrogens is 1. The summed E-state index contributed by atoms with van der Waals surface area (Å²) in [6, 6.07) is 4.37. The molecule has 0 N–H and O–H groups in total. The lowest BCUT2D eigenvalue weighted by Crippen LogP contribution is -2.26. The second-order valence-corrected chi connectivity index (χ2v) is 7.32.